The lowest BCUT2D eigenvalue weighted by Crippen LogP contribution is -2.50. The van der Waals surface area contributed by atoms with Crippen molar-refractivity contribution in [2.45, 2.75) is 93.5 Å². The number of amides is 2. The molecule has 186 valence electrons. The van der Waals surface area contributed by atoms with E-state index in [1.807, 2.05) is 34.6 Å². The van der Waals surface area contributed by atoms with Crippen molar-refractivity contribution in [3.63, 3.8) is 0 Å². The summed E-state index contributed by atoms with van der Waals surface area (Å²) in [4.78, 5) is 49.3. The minimum atomic E-state index is -0.688. The Morgan fingerprint density at radius 1 is 0.909 bits per heavy atom. The minimum Gasteiger partial charge on any atom is -0.344 e. The molecule has 2 amide bonds. The van der Waals surface area contributed by atoms with Crippen LogP contribution in [0.15, 0.2) is 24.3 Å². The summed E-state index contributed by atoms with van der Waals surface area (Å²) in [7, 11) is 0. The Morgan fingerprint density at radius 3 is 1.91 bits per heavy atom. The van der Waals surface area contributed by atoms with Gasteiger partial charge in [-0.1, -0.05) is 54.4 Å². The van der Waals surface area contributed by atoms with Gasteiger partial charge >= 0.3 is 0 Å². The highest BCUT2D eigenvalue weighted by Crippen LogP contribution is 2.21. The number of nitrogens with one attached hydrogen (secondary N) is 2. The van der Waals surface area contributed by atoms with E-state index in [1.165, 1.54) is 13.8 Å². The first-order valence-corrected chi connectivity index (χ1v) is 12.3. The van der Waals surface area contributed by atoms with E-state index in [-0.39, 0.29) is 41.6 Å². The fourth-order valence-electron chi connectivity index (χ4n) is 3.85. The lowest BCUT2D eigenvalue weighted by Gasteiger charge is -2.28. The number of carbonyl (C=O) groups excluding carboxylic acids is 4. The van der Waals surface area contributed by atoms with Gasteiger partial charge in [-0.25, -0.2) is 0 Å². The molecule has 0 radical (unpaired) electrons. The summed E-state index contributed by atoms with van der Waals surface area (Å²) in [6.45, 7) is 15.1. The van der Waals surface area contributed by atoms with Gasteiger partial charge in [0.1, 0.15) is 11.8 Å². The summed E-state index contributed by atoms with van der Waals surface area (Å²) in [5.41, 5.74) is 1.14. The molecule has 3 atom stereocenters. The van der Waals surface area contributed by atoms with E-state index in [4.69, 9.17) is 0 Å². The van der Waals surface area contributed by atoms with Crippen LogP contribution in [-0.4, -0.2) is 29.4 Å². The molecule has 1 aromatic carbocycles. The third-order valence-electron chi connectivity index (χ3n) is 5.46. The van der Waals surface area contributed by atoms with Gasteiger partial charge in [-0.2, -0.15) is 0 Å². The Bertz CT molecular complexity index is 756. The first-order valence-electron chi connectivity index (χ1n) is 12.3. The zero-order chi connectivity index (χ0) is 25.6. The van der Waals surface area contributed by atoms with E-state index in [0.29, 0.717) is 17.7 Å². The van der Waals surface area contributed by atoms with Gasteiger partial charge < -0.3 is 15.4 Å². The molecule has 0 saturated heterocycles. The lowest BCUT2D eigenvalue weighted by atomic mass is 9.88. The molecule has 0 aromatic heterocycles. The fraction of sp³-hybridized carbons (Fsp3) is 0.630. The van der Waals surface area contributed by atoms with Crippen LogP contribution < -0.4 is 10.6 Å². The molecule has 2 N–H and O–H groups in total. The third kappa shape index (κ3) is 11.3. The van der Waals surface area contributed by atoms with Crippen LogP contribution in [0.2, 0.25) is 0 Å². The van der Waals surface area contributed by atoms with Crippen LogP contribution in [0.5, 0.6) is 0 Å². The molecule has 0 aliphatic rings. The maximum absolute atomic E-state index is 13.1. The Kier molecular flexibility index (Phi) is 14.9. The number of benzene rings is 1. The Morgan fingerprint density at radius 2 is 1.48 bits per heavy atom. The van der Waals surface area contributed by atoms with Gasteiger partial charge in [0.2, 0.25) is 11.8 Å². The van der Waals surface area contributed by atoms with Crippen molar-refractivity contribution < 1.29 is 19.2 Å². The monoisotopic (exact) mass is 460 g/mol. The topological polar surface area (TPSA) is 92.3 Å². The number of hydrogen-bond donors (Lipinski definition) is 2. The van der Waals surface area contributed by atoms with Crippen molar-refractivity contribution in [3.05, 3.63) is 29.8 Å². The normalized spacial score (nSPS) is 13.2. The second kappa shape index (κ2) is 16.2. The second-order valence-electron chi connectivity index (χ2n) is 8.80. The van der Waals surface area contributed by atoms with Crippen molar-refractivity contribution in [3.8, 4) is 0 Å². The summed E-state index contributed by atoms with van der Waals surface area (Å²) in [5.74, 6) is -0.795. The van der Waals surface area contributed by atoms with E-state index < -0.39 is 12.0 Å². The molecular formula is C27H44N2O4. The van der Waals surface area contributed by atoms with Gasteiger partial charge in [0.25, 0.3) is 0 Å². The molecule has 6 heteroatoms. The molecule has 0 fully saturated rings. The molecule has 6 nitrogen and oxygen atoms in total. The number of hydrogen-bond acceptors (Lipinski definition) is 4. The van der Waals surface area contributed by atoms with E-state index in [0.717, 1.165) is 19.3 Å². The Hall–Kier alpha value is -2.50. The maximum atomic E-state index is 13.1. The molecule has 1 unspecified atom stereocenters. The fourth-order valence-corrected chi connectivity index (χ4v) is 3.85. The maximum Gasteiger partial charge on any atom is 0.247 e. The number of anilines is 1. The van der Waals surface area contributed by atoms with E-state index in [9.17, 15) is 19.2 Å². The Labute approximate surface area is 200 Å². The van der Waals surface area contributed by atoms with Crippen LogP contribution in [-0.2, 0) is 14.4 Å². The van der Waals surface area contributed by atoms with Crippen molar-refractivity contribution in [2.75, 3.05) is 5.32 Å². The number of rotatable bonds is 13. The highest BCUT2D eigenvalue weighted by atomic mass is 16.2. The van der Waals surface area contributed by atoms with Crippen LogP contribution in [0.4, 0.5) is 5.69 Å². The molecule has 0 aliphatic carbocycles. The molecular weight excluding hydrogens is 416 g/mol. The number of Topliss-reactive ketones (excluding diaryl/α,β-unsaturated/α-hetero) is 2. The van der Waals surface area contributed by atoms with Gasteiger partial charge in [0.05, 0.1) is 0 Å². The number of ketones is 2. The molecule has 0 bridgehead atoms. The molecule has 1 aromatic rings. The van der Waals surface area contributed by atoms with Gasteiger partial charge in [0, 0.05) is 23.6 Å². The smallest absolute Gasteiger partial charge is 0.247 e. The zero-order valence-electron chi connectivity index (χ0n) is 21.8. The second-order valence-corrected chi connectivity index (χ2v) is 8.80. The minimum absolute atomic E-state index is 0.0116. The first-order chi connectivity index (χ1) is 15.6. The van der Waals surface area contributed by atoms with E-state index in [2.05, 4.69) is 17.6 Å². The molecule has 1 rings (SSSR count). The Balaban J connectivity index is 0.00000497. The highest BCUT2D eigenvalue weighted by Gasteiger charge is 2.31. The molecule has 0 spiro atoms. The van der Waals surface area contributed by atoms with E-state index in [1.54, 1.807) is 24.3 Å². The van der Waals surface area contributed by atoms with Crippen molar-refractivity contribution in [1.29, 1.82) is 0 Å². The summed E-state index contributed by atoms with van der Waals surface area (Å²) in [6.07, 6.45) is 3.22. The lowest BCUT2D eigenvalue weighted by molar-refractivity contribution is -0.132. The van der Waals surface area contributed by atoms with Crippen LogP contribution >= 0.6 is 0 Å². The first kappa shape index (κ1) is 30.5. The molecule has 33 heavy (non-hydrogen) atoms. The average molecular weight is 461 g/mol. The van der Waals surface area contributed by atoms with Crippen LogP contribution in [0, 0.1) is 17.8 Å². The highest BCUT2D eigenvalue weighted by molar-refractivity contribution is 5.99. The molecule has 0 heterocycles. The SMILES string of the molecule is CC.CCCC(CC)[C@H](NC(=O)[C@@H](CC(C)=O)CC(C)C)C(=O)Nc1ccc(C(C)=O)cc1. The standard InChI is InChI=1S/C25H38N2O4.C2H6/c1-7-9-19(8-2)23(27-24(30)21(14-16(3)4)15-17(5)28)25(31)26-22-12-10-20(11-13-22)18(6)29;1-2/h10-13,16,19,21,23H,7-9,14-15H2,1-6H3,(H,26,31)(H,27,30);1-2H3/t19?,21-,23+;/m1./s1. The predicted molar refractivity (Wildman–Crippen MR) is 135 cm³/mol. The third-order valence-corrected chi connectivity index (χ3v) is 5.46. The summed E-state index contributed by atoms with van der Waals surface area (Å²) in [6, 6.07) is 6.02. The quantitative estimate of drug-likeness (QED) is 0.364. The van der Waals surface area contributed by atoms with Crippen molar-refractivity contribution >= 4 is 29.1 Å². The largest absolute Gasteiger partial charge is 0.344 e. The average Bonchev–Trinajstić information content (AvgIpc) is 2.76. The van der Waals surface area contributed by atoms with Gasteiger partial charge in [-0.05, 0) is 62.8 Å². The molecule has 0 aliphatic heterocycles. The van der Waals surface area contributed by atoms with E-state index >= 15 is 0 Å². The zero-order valence-corrected chi connectivity index (χ0v) is 21.8. The van der Waals surface area contributed by atoms with Crippen molar-refractivity contribution in [1.82, 2.24) is 5.32 Å². The summed E-state index contributed by atoms with van der Waals surface area (Å²) >= 11 is 0. The molecule has 0 saturated carbocycles. The van der Waals surface area contributed by atoms with Crippen LogP contribution in [0.1, 0.15) is 97.9 Å². The van der Waals surface area contributed by atoms with Gasteiger partial charge in [0.15, 0.2) is 5.78 Å². The summed E-state index contributed by atoms with van der Waals surface area (Å²) < 4.78 is 0. The van der Waals surface area contributed by atoms with Gasteiger partial charge in [-0.15, -0.1) is 0 Å². The predicted octanol–water partition coefficient (Wildman–Crippen LogP) is 5.81. The van der Waals surface area contributed by atoms with Crippen LogP contribution in [0.3, 0.4) is 0 Å². The number of carbonyl (C=O) groups is 4. The van der Waals surface area contributed by atoms with Crippen molar-refractivity contribution in [2.24, 2.45) is 17.8 Å². The summed E-state index contributed by atoms with van der Waals surface area (Å²) in [5, 5.41) is 5.83. The van der Waals surface area contributed by atoms with Gasteiger partial charge in [-0.3, -0.25) is 14.4 Å². The van der Waals surface area contributed by atoms with Crippen LogP contribution in [0.25, 0.3) is 0 Å².